The molecule has 0 fully saturated rings. The third-order valence-electron chi connectivity index (χ3n) is 3.56. The largest absolute Gasteiger partial charge is 0.211 e. The van der Waals surface area contributed by atoms with Crippen molar-refractivity contribution in [2.24, 2.45) is 0 Å². The highest BCUT2D eigenvalue weighted by Crippen LogP contribution is 2.28. The smallest absolute Gasteiger partial charge is 0.191 e. The van der Waals surface area contributed by atoms with Gasteiger partial charge in [-0.1, -0.05) is 17.3 Å². The maximum absolute atomic E-state index is 13.6. The molecule has 0 amide bonds. The van der Waals surface area contributed by atoms with Crippen LogP contribution in [0, 0.1) is 36.8 Å². The summed E-state index contributed by atoms with van der Waals surface area (Å²) in [7, 11) is 0. The summed E-state index contributed by atoms with van der Waals surface area (Å²) >= 11 is 0. The van der Waals surface area contributed by atoms with Crippen molar-refractivity contribution in [1.29, 1.82) is 5.26 Å². The molecule has 0 spiro atoms. The number of nitrogens with zero attached hydrogens (tertiary/aromatic N) is 4. The van der Waals surface area contributed by atoms with E-state index in [-0.39, 0.29) is 5.69 Å². The Balaban J connectivity index is 2.28. The van der Waals surface area contributed by atoms with Gasteiger partial charge in [0.05, 0.1) is 5.69 Å². The van der Waals surface area contributed by atoms with Crippen molar-refractivity contribution in [2.75, 3.05) is 0 Å². The summed E-state index contributed by atoms with van der Waals surface area (Å²) in [5.74, 6) is -1.93. The minimum absolute atomic E-state index is 0.0527. The van der Waals surface area contributed by atoms with Gasteiger partial charge in [0.1, 0.15) is 11.8 Å². The van der Waals surface area contributed by atoms with Crippen LogP contribution < -0.4 is 0 Å². The Kier molecular flexibility index (Phi) is 3.62. The Morgan fingerprint density at radius 2 is 1.83 bits per heavy atom. The van der Waals surface area contributed by atoms with Crippen LogP contribution in [0.2, 0.25) is 0 Å². The Labute approximate surface area is 131 Å². The van der Waals surface area contributed by atoms with Crippen LogP contribution in [0.25, 0.3) is 16.9 Å². The van der Waals surface area contributed by atoms with E-state index in [4.69, 9.17) is 0 Å². The first-order valence-corrected chi connectivity index (χ1v) is 6.90. The van der Waals surface area contributed by atoms with Gasteiger partial charge in [0, 0.05) is 5.56 Å². The molecule has 0 radical (unpaired) electrons. The zero-order valence-electron chi connectivity index (χ0n) is 12.5. The predicted molar refractivity (Wildman–Crippen MR) is 80.9 cm³/mol. The number of aromatic nitrogens is 3. The molecule has 0 atom stereocenters. The first kappa shape index (κ1) is 14.9. The van der Waals surface area contributed by atoms with Crippen LogP contribution in [0.1, 0.15) is 16.8 Å². The lowest BCUT2D eigenvalue weighted by molar-refractivity contribution is 0.509. The number of halogens is 2. The number of hydrogen-bond acceptors (Lipinski definition) is 3. The second-order valence-corrected chi connectivity index (χ2v) is 5.23. The molecule has 114 valence electrons. The Morgan fingerprint density at radius 3 is 2.52 bits per heavy atom. The van der Waals surface area contributed by atoms with Gasteiger partial charge in [-0.15, -0.1) is 5.10 Å². The first-order chi connectivity index (χ1) is 11.0. The molecule has 3 rings (SSSR count). The fraction of sp³-hybridized carbons (Fsp3) is 0.118. The van der Waals surface area contributed by atoms with Gasteiger partial charge >= 0.3 is 0 Å². The summed E-state index contributed by atoms with van der Waals surface area (Å²) in [4.78, 5) is 0. The Hall–Kier alpha value is -3.07. The van der Waals surface area contributed by atoms with E-state index in [9.17, 15) is 14.0 Å². The van der Waals surface area contributed by atoms with Crippen molar-refractivity contribution in [3.05, 3.63) is 64.9 Å². The third kappa shape index (κ3) is 2.57. The molecular formula is C17H12F2N4. The summed E-state index contributed by atoms with van der Waals surface area (Å²) in [5.41, 5.74) is 3.40. The lowest BCUT2D eigenvalue weighted by Gasteiger charge is -2.10. The van der Waals surface area contributed by atoms with Crippen molar-refractivity contribution in [3.63, 3.8) is 0 Å². The fourth-order valence-electron chi connectivity index (χ4n) is 2.38. The van der Waals surface area contributed by atoms with Gasteiger partial charge in [-0.05, 0) is 49.2 Å². The average molecular weight is 310 g/mol. The molecule has 0 aliphatic heterocycles. The quantitative estimate of drug-likeness (QED) is 0.725. The lowest BCUT2D eigenvalue weighted by atomic mass is 10.1. The van der Waals surface area contributed by atoms with Crippen LogP contribution in [-0.4, -0.2) is 15.0 Å². The molecule has 1 heterocycles. The number of rotatable bonds is 2. The van der Waals surface area contributed by atoms with E-state index >= 15 is 0 Å². The third-order valence-corrected chi connectivity index (χ3v) is 3.56. The molecule has 0 saturated heterocycles. The van der Waals surface area contributed by atoms with Crippen molar-refractivity contribution in [2.45, 2.75) is 13.8 Å². The molecule has 0 bridgehead atoms. The topological polar surface area (TPSA) is 54.5 Å². The van der Waals surface area contributed by atoms with Gasteiger partial charge in [0.25, 0.3) is 0 Å². The summed E-state index contributed by atoms with van der Waals surface area (Å²) in [6, 6.07) is 11.2. The van der Waals surface area contributed by atoms with Gasteiger partial charge < -0.3 is 0 Å². The molecule has 0 aliphatic carbocycles. The van der Waals surface area contributed by atoms with Crippen molar-refractivity contribution in [3.8, 4) is 23.0 Å². The maximum atomic E-state index is 13.6. The number of hydrogen-bond donors (Lipinski definition) is 0. The van der Waals surface area contributed by atoms with Crippen molar-refractivity contribution in [1.82, 2.24) is 15.0 Å². The number of benzene rings is 2. The van der Waals surface area contributed by atoms with E-state index in [1.165, 1.54) is 10.7 Å². The standard InChI is InChI=1S/C17H12F2N4/c1-10-3-4-11(2)16(7-10)23-17(15(9-20)21-22-23)12-5-6-13(18)14(19)8-12/h3-8H,1-2H3. The minimum atomic E-state index is -0.986. The predicted octanol–water partition coefficient (Wildman–Crippen LogP) is 3.70. The van der Waals surface area contributed by atoms with Crippen LogP contribution in [0.15, 0.2) is 36.4 Å². The molecule has 3 aromatic rings. The monoisotopic (exact) mass is 310 g/mol. The van der Waals surface area contributed by atoms with E-state index in [1.54, 1.807) is 0 Å². The van der Waals surface area contributed by atoms with Crippen molar-refractivity contribution < 1.29 is 8.78 Å². The number of aryl methyl sites for hydroxylation is 2. The van der Waals surface area contributed by atoms with Crippen LogP contribution in [0.5, 0.6) is 0 Å². The summed E-state index contributed by atoms with van der Waals surface area (Å²) in [6.45, 7) is 3.83. The lowest BCUT2D eigenvalue weighted by Crippen LogP contribution is -2.03. The Bertz CT molecular complexity index is 938. The fourth-order valence-corrected chi connectivity index (χ4v) is 2.38. The second kappa shape index (κ2) is 5.61. The Morgan fingerprint density at radius 1 is 1.04 bits per heavy atom. The van der Waals surface area contributed by atoms with E-state index in [1.807, 2.05) is 38.1 Å². The molecule has 2 aromatic carbocycles. The normalized spacial score (nSPS) is 10.6. The average Bonchev–Trinajstić information content (AvgIpc) is 2.96. The molecular weight excluding hydrogens is 298 g/mol. The molecule has 0 N–H and O–H groups in total. The van der Waals surface area contributed by atoms with Crippen LogP contribution in [-0.2, 0) is 0 Å². The van der Waals surface area contributed by atoms with Gasteiger partial charge in [-0.2, -0.15) is 5.26 Å². The molecule has 4 nitrogen and oxygen atoms in total. The summed E-state index contributed by atoms with van der Waals surface area (Å²) in [6.07, 6.45) is 0. The van der Waals surface area contributed by atoms with Crippen molar-refractivity contribution >= 4 is 0 Å². The second-order valence-electron chi connectivity index (χ2n) is 5.23. The minimum Gasteiger partial charge on any atom is -0.211 e. The SMILES string of the molecule is Cc1ccc(C)c(-n2nnc(C#N)c2-c2ccc(F)c(F)c2)c1. The van der Waals surface area contributed by atoms with E-state index in [0.717, 1.165) is 28.9 Å². The van der Waals surface area contributed by atoms with Crippen LogP contribution >= 0.6 is 0 Å². The molecule has 0 unspecified atom stereocenters. The summed E-state index contributed by atoms with van der Waals surface area (Å²) in [5, 5.41) is 17.1. The molecule has 0 aliphatic rings. The highest BCUT2D eigenvalue weighted by atomic mass is 19.2. The van der Waals surface area contributed by atoms with Crippen LogP contribution in [0.4, 0.5) is 8.78 Å². The summed E-state index contributed by atoms with van der Waals surface area (Å²) < 4.78 is 28.2. The molecule has 1 aromatic heterocycles. The maximum Gasteiger partial charge on any atom is 0.191 e. The van der Waals surface area contributed by atoms with E-state index in [0.29, 0.717) is 11.3 Å². The van der Waals surface area contributed by atoms with Gasteiger partial charge in [-0.3, -0.25) is 0 Å². The molecule has 0 saturated carbocycles. The zero-order valence-corrected chi connectivity index (χ0v) is 12.5. The van der Waals surface area contributed by atoms with E-state index < -0.39 is 11.6 Å². The highest BCUT2D eigenvalue weighted by molar-refractivity contribution is 5.67. The van der Waals surface area contributed by atoms with Gasteiger partial charge in [-0.25, -0.2) is 13.5 Å². The van der Waals surface area contributed by atoms with Gasteiger partial charge in [0.2, 0.25) is 0 Å². The molecule has 6 heteroatoms. The highest BCUT2D eigenvalue weighted by Gasteiger charge is 2.18. The van der Waals surface area contributed by atoms with E-state index in [2.05, 4.69) is 10.3 Å². The first-order valence-electron chi connectivity index (χ1n) is 6.90. The zero-order chi connectivity index (χ0) is 16.6. The van der Waals surface area contributed by atoms with Crippen LogP contribution in [0.3, 0.4) is 0 Å². The van der Waals surface area contributed by atoms with Gasteiger partial charge in [0.15, 0.2) is 17.3 Å². The molecule has 23 heavy (non-hydrogen) atoms. The number of nitriles is 1.